The zero-order chi connectivity index (χ0) is 20.4. The van der Waals surface area contributed by atoms with Crippen molar-refractivity contribution >= 4 is 34.3 Å². The van der Waals surface area contributed by atoms with Crippen molar-refractivity contribution in [3.63, 3.8) is 0 Å². The number of nitrogens with zero attached hydrogens (tertiary/aromatic N) is 1. The highest BCUT2D eigenvalue weighted by Crippen LogP contribution is 2.36. The van der Waals surface area contributed by atoms with Crippen molar-refractivity contribution in [3.05, 3.63) is 46.5 Å². The molecule has 27 heavy (non-hydrogen) atoms. The van der Waals surface area contributed by atoms with Crippen LogP contribution in [0.4, 0.5) is 0 Å². The summed E-state index contributed by atoms with van der Waals surface area (Å²) in [6.45, 7) is 9.75. The number of H-pyrrole nitrogens is 1. The van der Waals surface area contributed by atoms with Gasteiger partial charge in [0.05, 0.1) is 24.4 Å². The lowest BCUT2D eigenvalue weighted by Gasteiger charge is -2.04. The van der Waals surface area contributed by atoms with Crippen molar-refractivity contribution in [3.8, 4) is 22.8 Å². The molecule has 1 N–H and O–H groups in total. The van der Waals surface area contributed by atoms with Crippen molar-refractivity contribution in [1.82, 2.24) is 10.2 Å². The molecule has 2 aromatic heterocycles. The summed E-state index contributed by atoms with van der Waals surface area (Å²) >= 11 is 1.70. The molecule has 0 aliphatic rings. The second-order valence-electron chi connectivity index (χ2n) is 5.26. The van der Waals surface area contributed by atoms with Crippen molar-refractivity contribution in [2.75, 3.05) is 7.11 Å². The summed E-state index contributed by atoms with van der Waals surface area (Å²) in [5, 5.41) is 8.01. The zero-order valence-electron chi connectivity index (χ0n) is 16.7. The van der Waals surface area contributed by atoms with E-state index in [1.54, 1.807) is 30.5 Å². The van der Waals surface area contributed by atoms with E-state index in [1.165, 1.54) is 17.6 Å². The number of esters is 1. The largest absolute Gasteiger partial charge is 0.465 e. The molecular formula is C22H26N2O2S. The van der Waals surface area contributed by atoms with Gasteiger partial charge in [0, 0.05) is 20.7 Å². The SMILES string of the molecule is C#CC.C/C=C\c1cc(-c2cc(C(=O)OC)cc3cn[nH]c23)sc1C.CC. The number of aromatic nitrogens is 2. The van der Waals surface area contributed by atoms with Gasteiger partial charge in [-0.1, -0.05) is 26.0 Å². The molecule has 0 saturated carbocycles. The molecule has 0 saturated heterocycles. The summed E-state index contributed by atoms with van der Waals surface area (Å²) in [7, 11) is 1.39. The summed E-state index contributed by atoms with van der Waals surface area (Å²) in [6, 6.07) is 5.79. The van der Waals surface area contributed by atoms with Crippen LogP contribution in [-0.4, -0.2) is 23.3 Å². The second-order valence-corrected chi connectivity index (χ2v) is 6.52. The third kappa shape index (κ3) is 5.32. The fourth-order valence-corrected chi connectivity index (χ4v) is 3.49. The fraction of sp³-hybridized carbons (Fsp3) is 0.273. The lowest BCUT2D eigenvalue weighted by atomic mass is 10.0. The van der Waals surface area contributed by atoms with Crippen molar-refractivity contribution in [2.45, 2.75) is 34.6 Å². The number of rotatable bonds is 3. The van der Waals surface area contributed by atoms with Gasteiger partial charge in [-0.2, -0.15) is 5.10 Å². The molecule has 1 aromatic carbocycles. The van der Waals surface area contributed by atoms with Crippen LogP contribution >= 0.6 is 11.3 Å². The maximum Gasteiger partial charge on any atom is 0.337 e. The third-order valence-corrected chi connectivity index (χ3v) is 4.64. The number of hydrogen-bond donors (Lipinski definition) is 1. The summed E-state index contributed by atoms with van der Waals surface area (Å²) in [6.07, 6.45) is 10.4. The number of methoxy groups -OCH3 is 1. The third-order valence-electron chi connectivity index (χ3n) is 3.54. The Labute approximate surface area is 165 Å². The second kappa shape index (κ2) is 11.0. The predicted octanol–water partition coefficient (Wildman–Crippen LogP) is 6.09. The van der Waals surface area contributed by atoms with Crippen molar-refractivity contribution < 1.29 is 9.53 Å². The lowest BCUT2D eigenvalue weighted by molar-refractivity contribution is 0.0601. The number of carbonyl (C=O) groups is 1. The molecule has 0 amide bonds. The van der Waals surface area contributed by atoms with Gasteiger partial charge in [-0.05, 0) is 44.5 Å². The van der Waals surface area contributed by atoms with E-state index in [-0.39, 0.29) is 5.97 Å². The molecule has 5 heteroatoms. The van der Waals surface area contributed by atoms with Crippen LogP contribution in [0.2, 0.25) is 0 Å². The highest BCUT2D eigenvalue weighted by molar-refractivity contribution is 7.15. The number of terminal acetylenes is 1. The van der Waals surface area contributed by atoms with E-state index in [1.807, 2.05) is 32.9 Å². The number of aromatic amines is 1. The fourth-order valence-electron chi connectivity index (χ4n) is 2.46. The van der Waals surface area contributed by atoms with Crippen LogP contribution < -0.4 is 0 Å². The van der Waals surface area contributed by atoms with Gasteiger partial charge in [0.2, 0.25) is 0 Å². The van der Waals surface area contributed by atoms with E-state index in [9.17, 15) is 4.79 Å². The molecule has 3 rings (SSSR count). The Morgan fingerprint density at radius 2 is 2.00 bits per heavy atom. The van der Waals surface area contributed by atoms with Crippen LogP contribution in [0, 0.1) is 19.3 Å². The maximum absolute atomic E-state index is 11.9. The molecule has 2 heterocycles. The standard InChI is InChI=1S/C17H16N2O2S.C3H4.C2H6/c1-4-5-11-8-15(22-10(11)2)14-7-12(17(20)21-3)6-13-9-18-19-16(13)14;1-3-2;1-2/h4-9H,1-3H3,(H,18,19);1H,2H3;1-2H3/b5-4-;;. The molecule has 3 aromatic rings. The van der Waals surface area contributed by atoms with E-state index in [0.29, 0.717) is 5.56 Å². The number of nitrogens with one attached hydrogen (secondary N) is 1. The first kappa shape index (κ1) is 22.2. The zero-order valence-corrected chi connectivity index (χ0v) is 17.5. The Morgan fingerprint density at radius 1 is 1.33 bits per heavy atom. The number of benzene rings is 1. The molecule has 0 aliphatic heterocycles. The molecule has 0 atom stereocenters. The average molecular weight is 383 g/mol. The van der Waals surface area contributed by atoms with Gasteiger partial charge in [0.15, 0.2) is 0 Å². The predicted molar refractivity (Wildman–Crippen MR) is 116 cm³/mol. The average Bonchev–Trinajstić information content (AvgIpc) is 3.29. The van der Waals surface area contributed by atoms with Crippen LogP contribution in [0.15, 0.2) is 30.5 Å². The van der Waals surface area contributed by atoms with Gasteiger partial charge >= 0.3 is 5.97 Å². The Hall–Kier alpha value is -2.84. The minimum Gasteiger partial charge on any atom is -0.465 e. The highest BCUT2D eigenvalue weighted by atomic mass is 32.1. The molecule has 0 bridgehead atoms. The molecule has 0 fully saturated rings. The highest BCUT2D eigenvalue weighted by Gasteiger charge is 2.15. The van der Waals surface area contributed by atoms with Crippen LogP contribution in [0.3, 0.4) is 0 Å². The molecule has 0 spiro atoms. The van der Waals surface area contributed by atoms with Gasteiger partial charge in [-0.25, -0.2) is 4.79 Å². The smallest absolute Gasteiger partial charge is 0.337 e. The van der Waals surface area contributed by atoms with Gasteiger partial charge in [-0.15, -0.1) is 23.7 Å². The van der Waals surface area contributed by atoms with Crippen LogP contribution in [0.1, 0.15) is 48.5 Å². The van der Waals surface area contributed by atoms with Gasteiger partial charge in [0.25, 0.3) is 0 Å². The quantitative estimate of drug-likeness (QED) is 0.441. The summed E-state index contributed by atoms with van der Waals surface area (Å²) < 4.78 is 4.84. The first-order valence-corrected chi connectivity index (χ1v) is 9.53. The molecular weight excluding hydrogens is 356 g/mol. The topological polar surface area (TPSA) is 55.0 Å². The summed E-state index contributed by atoms with van der Waals surface area (Å²) in [5.74, 6) is 1.91. The number of ether oxygens (including phenoxy) is 1. The molecule has 0 unspecified atom stereocenters. The minimum atomic E-state index is -0.341. The van der Waals surface area contributed by atoms with Gasteiger partial charge in [0.1, 0.15) is 0 Å². The summed E-state index contributed by atoms with van der Waals surface area (Å²) in [4.78, 5) is 14.2. The summed E-state index contributed by atoms with van der Waals surface area (Å²) in [5.41, 5.74) is 3.63. The van der Waals surface area contributed by atoms with E-state index in [4.69, 9.17) is 4.74 Å². The monoisotopic (exact) mass is 382 g/mol. The lowest BCUT2D eigenvalue weighted by Crippen LogP contribution is -2.01. The van der Waals surface area contributed by atoms with E-state index in [2.05, 4.69) is 41.6 Å². The molecule has 4 nitrogen and oxygen atoms in total. The van der Waals surface area contributed by atoms with Crippen molar-refractivity contribution in [2.24, 2.45) is 0 Å². The van der Waals surface area contributed by atoms with Crippen LogP contribution in [0.25, 0.3) is 27.4 Å². The number of allylic oxidation sites excluding steroid dienone is 1. The first-order valence-electron chi connectivity index (χ1n) is 8.72. The number of carbonyl (C=O) groups excluding carboxylic acids is 1. The Morgan fingerprint density at radius 3 is 2.59 bits per heavy atom. The van der Waals surface area contributed by atoms with Crippen LogP contribution in [0.5, 0.6) is 0 Å². The number of thiophene rings is 1. The maximum atomic E-state index is 11.9. The van der Waals surface area contributed by atoms with E-state index >= 15 is 0 Å². The molecule has 0 aliphatic carbocycles. The molecule has 142 valence electrons. The van der Waals surface area contributed by atoms with Gasteiger partial charge < -0.3 is 4.74 Å². The normalized spacial score (nSPS) is 9.81. The number of aryl methyl sites for hydroxylation is 1. The van der Waals surface area contributed by atoms with Gasteiger partial charge in [-0.3, -0.25) is 5.10 Å². The number of fused-ring (bicyclic) bond motifs is 1. The van der Waals surface area contributed by atoms with Crippen LogP contribution in [-0.2, 0) is 4.74 Å². The van der Waals surface area contributed by atoms with Crippen molar-refractivity contribution in [1.29, 1.82) is 0 Å². The Kier molecular flexibility index (Phi) is 9.04. The Balaban J connectivity index is 0.000000665. The Bertz CT molecular complexity index is 959. The van der Waals surface area contributed by atoms with E-state index in [0.717, 1.165) is 21.3 Å². The number of hydrogen-bond acceptors (Lipinski definition) is 4. The minimum absolute atomic E-state index is 0.341. The molecule has 0 radical (unpaired) electrons. The van der Waals surface area contributed by atoms with E-state index < -0.39 is 0 Å². The first-order chi connectivity index (χ1) is 13.0.